The molecule has 28 heavy (non-hydrogen) atoms. The minimum Gasteiger partial charge on any atom is -0.334 e. The smallest absolute Gasteiger partial charge is 0.270 e. The van der Waals surface area contributed by atoms with Crippen LogP contribution in [-0.2, 0) is 14.6 Å². The maximum absolute atomic E-state index is 12.8. The van der Waals surface area contributed by atoms with Crippen molar-refractivity contribution in [3.63, 3.8) is 0 Å². The van der Waals surface area contributed by atoms with Gasteiger partial charge in [0.15, 0.2) is 9.84 Å². The van der Waals surface area contributed by atoms with Crippen LogP contribution in [0.25, 0.3) is 5.03 Å². The van der Waals surface area contributed by atoms with E-state index < -0.39 is 27.0 Å². The zero-order valence-corrected chi connectivity index (χ0v) is 16.5. The molecule has 1 saturated heterocycles. The van der Waals surface area contributed by atoms with Crippen LogP contribution in [-0.4, -0.2) is 31.4 Å². The molecule has 2 amide bonds. The van der Waals surface area contributed by atoms with E-state index in [0.29, 0.717) is 24.0 Å². The quantitative estimate of drug-likeness (QED) is 0.730. The van der Waals surface area contributed by atoms with Crippen LogP contribution in [0.4, 0.5) is 0 Å². The van der Waals surface area contributed by atoms with E-state index in [0.717, 1.165) is 0 Å². The van der Waals surface area contributed by atoms with Crippen molar-refractivity contribution >= 4 is 38.3 Å². The second kappa shape index (κ2) is 8.58. The third-order valence-corrected chi connectivity index (χ3v) is 6.85. The van der Waals surface area contributed by atoms with E-state index in [2.05, 4.69) is 10.6 Å². The monoisotopic (exact) mass is 418 g/mol. The van der Waals surface area contributed by atoms with E-state index in [1.54, 1.807) is 60.7 Å². The van der Waals surface area contributed by atoms with Crippen LogP contribution >= 0.6 is 11.6 Å². The van der Waals surface area contributed by atoms with Crippen LogP contribution in [0.2, 0.25) is 0 Å². The summed E-state index contributed by atoms with van der Waals surface area (Å²) < 4.78 is 24.1. The molecule has 0 bridgehead atoms. The first-order chi connectivity index (χ1) is 13.4. The molecule has 8 heteroatoms. The van der Waals surface area contributed by atoms with Crippen molar-refractivity contribution in [3.05, 3.63) is 77.5 Å². The molecule has 146 valence electrons. The normalized spacial score (nSPS) is 18.8. The van der Waals surface area contributed by atoms with Crippen molar-refractivity contribution in [1.82, 2.24) is 10.6 Å². The molecule has 6 nitrogen and oxygen atoms in total. The molecule has 0 spiro atoms. The van der Waals surface area contributed by atoms with Gasteiger partial charge in [0.1, 0.15) is 11.1 Å². The van der Waals surface area contributed by atoms with Crippen molar-refractivity contribution in [2.75, 3.05) is 5.75 Å². The predicted octanol–water partition coefficient (Wildman–Crippen LogP) is 2.67. The molecule has 3 rings (SSSR count). The van der Waals surface area contributed by atoms with Crippen LogP contribution in [0.1, 0.15) is 28.8 Å². The maximum atomic E-state index is 12.8. The second-order valence-corrected chi connectivity index (χ2v) is 9.03. The Balaban J connectivity index is 1.92. The largest absolute Gasteiger partial charge is 0.334 e. The lowest BCUT2D eigenvalue weighted by atomic mass is 10.1. The number of hydrogen-bond donors (Lipinski definition) is 2. The summed E-state index contributed by atoms with van der Waals surface area (Å²) in [5, 5.41) is 4.07. The molecule has 0 aromatic heterocycles. The third-order valence-electron chi connectivity index (χ3n) is 4.37. The number of hydrogen-bond acceptors (Lipinski definition) is 4. The van der Waals surface area contributed by atoms with Crippen LogP contribution < -0.4 is 10.6 Å². The Morgan fingerprint density at radius 2 is 1.50 bits per heavy atom. The molecular weight excluding hydrogens is 400 g/mol. The topological polar surface area (TPSA) is 92.3 Å². The summed E-state index contributed by atoms with van der Waals surface area (Å²) >= 11 is 6.41. The first kappa shape index (κ1) is 20.1. The first-order valence-corrected chi connectivity index (χ1v) is 10.8. The Morgan fingerprint density at radius 3 is 2.04 bits per heavy atom. The number of nitrogens with one attached hydrogen (secondary N) is 2. The van der Waals surface area contributed by atoms with E-state index in [4.69, 9.17) is 11.6 Å². The molecule has 2 aromatic carbocycles. The van der Waals surface area contributed by atoms with Gasteiger partial charge in [0.25, 0.3) is 11.8 Å². The van der Waals surface area contributed by atoms with Gasteiger partial charge in [-0.05, 0) is 30.5 Å². The zero-order chi connectivity index (χ0) is 20.1. The molecule has 0 radical (unpaired) electrons. The third kappa shape index (κ3) is 4.61. The lowest BCUT2D eigenvalue weighted by Gasteiger charge is -2.16. The summed E-state index contributed by atoms with van der Waals surface area (Å²) in [5.41, 5.74) is 0.680. The van der Waals surface area contributed by atoms with Gasteiger partial charge in [-0.3, -0.25) is 9.59 Å². The van der Waals surface area contributed by atoms with E-state index in [1.807, 2.05) is 0 Å². The maximum Gasteiger partial charge on any atom is 0.270 e. The minimum absolute atomic E-state index is 0.0257. The van der Waals surface area contributed by atoms with Gasteiger partial charge in [0.05, 0.1) is 10.8 Å². The highest BCUT2D eigenvalue weighted by Gasteiger charge is 2.34. The Morgan fingerprint density at radius 1 is 0.929 bits per heavy atom. The van der Waals surface area contributed by atoms with E-state index >= 15 is 0 Å². The summed E-state index contributed by atoms with van der Waals surface area (Å²) in [6.45, 7) is 0. The second-order valence-electron chi connectivity index (χ2n) is 6.35. The molecule has 1 heterocycles. The molecule has 2 N–H and O–H groups in total. The van der Waals surface area contributed by atoms with Gasteiger partial charge in [0, 0.05) is 5.56 Å². The highest BCUT2D eigenvalue weighted by Crippen LogP contribution is 2.24. The SMILES string of the molecule is O=C(N[C@H]1CCCS1(=O)=O)/C(NC(=O)c1ccccc1)=C(\Cl)c1ccccc1. The van der Waals surface area contributed by atoms with Crippen molar-refractivity contribution in [3.8, 4) is 0 Å². The Labute approximate surface area is 168 Å². The van der Waals surface area contributed by atoms with E-state index in [-0.39, 0.29) is 16.5 Å². The lowest BCUT2D eigenvalue weighted by Crippen LogP contribution is -2.42. The fourth-order valence-electron chi connectivity index (χ4n) is 2.89. The average molecular weight is 419 g/mol. The first-order valence-electron chi connectivity index (χ1n) is 8.72. The van der Waals surface area contributed by atoms with E-state index in [9.17, 15) is 18.0 Å². The summed E-state index contributed by atoms with van der Waals surface area (Å²) in [5.74, 6) is -1.23. The number of halogens is 1. The summed E-state index contributed by atoms with van der Waals surface area (Å²) in [6, 6.07) is 17.0. The van der Waals surface area contributed by atoms with Gasteiger partial charge in [-0.15, -0.1) is 0 Å². The summed E-state index contributed by atoms with van der Waals surface area (Å²) in [4.78, 5) is 25.4. The number of carbonyl (C=O) groups is 2. The fraction of sp³-hybridized carbons (Fsp3) is 0.200. The standard InChI is InChI=1S/C20H19ClN2O4S/c21-17(14-8-3-1-4-9-14)18(23-19(24)15-10-5-2-6-11-15)20(25)22-16-12-7-13-28(16,26)27/h1-6,8-11,16H,7,12-13H2,(H,22,25)(H,23,24)/b18-17+/t16-/m1/s1. The number of carbonyl (C=O) groups excluding carboxylic acids is 2. The Hall–Kier alpha value is -2.64. The van der Waals surface area contributed by atoms with Crippen LogP contribution in [0, 0.1) is 0 Å². The molecule has 0 saturated carbocycles. The van der Waals surface area contributed by atoms with Gasteiger partial charge in [-0.1, -0.05) is 60.1 Å². The van der Waals surface area contributed by atoms with E-state index in [1.165, 1.54) is 0 Å². The molecule has 2 aromatic rings. The van der Waals surface area contributed by atoms with Crippen molar-refractivity contribution in [2.45, 2.75) is 18.2 Å². The highest BCUT2D eigenvalue weighted by atomic mass is 35.5. The van der Waals surface area contributed by atoms with Gasteiger partial charge in [-0.2, -0.15) is 0 Å². The lowest BCUT2D eigenvalue weighted by molar-refractivity contribution is -0.118. The molecule has 1 aliphatic rings. The molecule has 1 fully saturated rings. The fourth-order valence-corrected chi connectivity index (χ4v) is 4.81. The van der Waals surface area contributed by atoms with Crippen molar-refractivity contribution in [1.29, 1.82) is 0 Å². The summed E-state index contributed by atoms with van der Waals surface area (Å²) in [6.07, 6.45) is 0.812. The van der Waals surface area contributed by atoms with Crippen LogP contribution in [0.15, 0.2) is 66.4 Å². The number of benzene rings is 2. The van der Waals surface area contributed by atoms with Gasteiger partial charge in [-0.25, -0.2) is 8.42 Å². The minimum atomic E-state index is -3.40. The molecule has 1 atom stereocenters. The number of amides is 2. The van der Waals surface area contributed by atoms with Gasteiger partial charge < -0.3 is 10.6 Å². The van der Waals surface area contributed by atoms with Gasteiger partial charge in [0.2, 0.25) is 0 Å². The summed E-state index contributed by atoms with van der Waals surface area (Å²) in [7, 11) is -3.40. The molecule has 0 unspecified atom stereocenters. The average Bonchev–Trinajstić information content (AvgIpc) is 3.04. The van der Waals surface area contributed by atoms with Crippen LogP contribution in [0.3, 0.4) is 0 Å². The zero-order valence-electron chi connectivity index (χ0n) is 14.9. The molecular formula is C20H19ClN2O4S. The number of sulfone groups is 1. The van der Waals surface area contributed by atoms with Gasteiger partial charge >= 0.3 is 0 Å². The van der Waals surface area contributed by atoms with Crippen molar-refractivity contribution in [2.24, 2.45) is 0 Å². The molecule has 0 aliphatic carbocycles. The van der Waals surface area contributed by atoms with Crippen molar-refractivity contribution < 1.29 is 18.0 Å². The Kier molecular flexibility index (Phi) is 6.16. The highest BCUT2D eigenvalue weighted by molar-refractivity contribution is 7.92. The number of rotatable bonds is 5. The predicted molar refractivity (Wildman–Crippen MR) is 108 cm³/mol. The van der Waals surface area contributed by atoms with Crippen LogP contribution in [0.5, 0.6) is 0 Å². The molecule has 1 aliphatic heterocycles. The Bertz CT molecular complexity index is 1010.